The second-order valence-corrected chi connectivity index (χ2v) is 6.46. The van der Waals surface area contributed by atoms with Crippen molar-refractivity contribution in [3.05, 3.63) is 35.4 Å². The Morgan fingerprint density at radius 1 is 1.32 bits per heavy atom. The van der Waals surface area contributed by atoms with E-state index in [0.717, 1.165) is 30.4 Å². The van der Waals surface area contributed by atoms with Crippen LogP contribution in [0.1, 0.15) is 49.8 Å². The molecule has 25 heavy (non-hydrogen) atoms. The van der Waals surface area contributed by atoms with Crippen molar-refractivity contribution in [3.63, 3.8) is 0 Å². The van der Waals surface area contributed by atoms with Crippen molar-refractivity contribution in [3.8, 4) is 0 Å². The summed E-state index contributed by atoms with van der Waals surface area (Å²) in [5, 5.41) is 3.07. The highest BCUT2D eigenvalue weighted by atomic mass is 35.5. The molecule has 1 amide bonds. The normalized spacial score (nSPS) is 20.4. The first-order valence-corrected chi connectivity index (χ1v) is 8.78. The van der Waals surface area contributed by atoms with Gasteiger partial charge in [0.15, 0.2) is 0 Å². The molecule has 3 atom stereocenters. The molecular formula is C19H29ClN2O3. The van der Waals surface area contributed by atoms with Crippen LogP contribution < -0.4 is 11.1 Å². The molecule has 6 heteroatoms. The molecular weight excluding hydrogens is 340 g/mol. The van der Waals surface area contributed by atoms with E-state index in [1.807, 2.05) is 31.2 Å². The Morgan fingerprint density at radius 2 is 2.04 bits per heavy atom. The monoisotopic (exact) mass is 368 g/mol. The van der Waals surface area contributed by atoms with Gasteiger partial charge in [-0.3, -0.25) is 9.59 Å². The van der Waals surface area contributed by atoms with Crippen LogP contribution >= 0.6 is 12.4 Å². The number of esters is 1. The summed E-state index contributed by atoms with van der Waals surface area (Å²) in [4.78, 5) is 24.7. The quantitative estimate of drug-likeness (QED) is 0.725. The molecule has 5 nitrogen and oxygen atoms in total. The molecule has 0 bridgehead atoms. The van der Waals surface area contributed by atoms with Crippen molar-refractivity contribution < 1.29 is 14.3 Å². The number of rotatable bonds is 7. The third-order valence-electron chi connectivity index (χ3n) is 4.86. The molecule has 1 aliphatic carbocycles. The number of carbonyl (C=O) groups excluding carboxylic acids is 2. The summed E-state index contributed by atoms with van der Waals surface area (Å²) in [6.07, 6.45) is 3.05. The summed E-state index contributed by atoms with van der Waals surface area (Å²) in [5.41, 5.74) is 7.80. The largest absolute Gasteiger partial charge is 0.466 e. The molecule has 3 N–H and O–H groups in total. The lowest BCUT2D eigenvalue weighted by molar-refractivity contribution is -0.144. The number of nitrogens with two attached hydrogens (primary N) is 1. The van der Waals surface area contributed by atoms with Gasteiger partial charge < -0.3 is 15.8 Å². The summed E-state index contributed by atoms with van der Waals surface area (Å²) >= 11 is 0. The SMILES string of the molecule is CCOC(=O)CC(NC(=O)[C@@H]1CCC[C@@H]1CN)c1ccccc1C.Cl. The van der Waals surface area contributed by atoms with Crippen LogP contribution in [0, 0.1) is 18.8 Å². The van der Waals surface area contributed by atoms with Crippen LogP contribution in [-0.4, -0.2) is 25.0 Å². The van der Waals surface area contributed by atoms with Crippen LogP contribution in [-0.2, 0) is 14.3 Å². The van der Waals surface area contributed by atoms with E-state index in [1.165, 1.54) is 0 Å². The van der Waals surface area contributed by atoms with E-state index in [9.17, 15) is 9.59 Å². The molecule has 1 aliphatic rings. The molecule has 1 aromatic carbocycles. The van der Waals surface area contributed by atoms with Gasteiger partial charge in [-0.2, -0.15) is 0 Å². The molecule has 1 saturated carbocycles. The Labute approximate surface area is 156 Å². The number of ether oxygens (including phenoxy) is 1. The maximum atomic E-state index is 12.7. The van der Waals surface area contributed by atoms with Crippen LogP contribution in [0.5, 0.6) is 0 Å². The highest BCUT2D eigenvalue weighted by Crippen LogP contribution is 2.32. The van der Waals surface area contributed by atoms with Gasteiger partial charge in [-0.1, -0.05) is 30.7 Å². The first-order chi connectivity index (χ1) is 11.6. The average molecular weight is 369 g/mol. The molecule has 0 spiro atoms. The zero-order valence-corrected chi connectivity index (χ0v) is 15.8. The molecule has 2 rings (SSSR count). The number of hydrogen-bond acceptors (Lipinski definition) is 4. The molecule has 0 heterocycles. The molecule has 1 fully saturated rings. The molecule has 0 aromatic heterocycles. The summed E-state index contributed by atoms with van der Waals surface area (Å²) in [5.74, 6) is -0.109. The molecule has 0 aliphatic heterocycles. The lowest BCUT2D eigenvalue weighted by atomic mass is 9.93. The Morgan fingerprint density at radius 3 is 2.68 bits per heavy atom. The number of benzene rings is 1. The third-order valence-corrected chi connectivity index (χ3v) is 4.86. The van der Waals surface area contributed by atoms with Crippen molar-refractivity contribution in [2.45, 2.75) is 45.6 Å². The van der Waals surface area contributed by atoms with E-state index in [1.54, 1.807) is 6.92 Å². The van der Waals surface area contributed by atoms with E-state index in [-0.39, 0.29) is 48.6 Å². The molecule has 0 saturated heterocycles. The smallest absolute Gasteiger partial charge is 0.308 e. The maximum absolute atomic E-state index is 12.7. The number of amides is 1. The van der Waals surface area contributed by atoms with Gasteiger partial charge in [-0.25, -0.2) is 0 Å². The number of hydrogen-bond donors (Lipinski definition) is 2. The Balaban J connectivity index is 0.00000312. The van der Waals surface area contributed by atoms with Crippen molar-refractivity contribution in [2.24, 2.45) is 17.6 Å². The molecule has 1 aromatic rings. The second-order valence-electron chi connectivity index (χ2n) is 6.46. The molecule has 0 radical (unpaired) electrons. The van der Waals surface area contributed by atoms with Crippen LogP contribution in [0.3, 0.4) is 0 Å². The topological polar surface area (TPSA) is 81.4 Å². The van der Waals surface area contributed by atoms with Crippen molar-refractivity contribution in [1.82, 2.24) is 5.32 Å². The molecule has 1 unspecified atom stereocenters. The van der Waals surface area contributed by atoms with Gasteiger partial charge in [-0.05, 0) is 50.3 Å². The van der Waals surface area contributed by atoms with Gasteiger partial charge >= 0.3 is 5.97 Å². The van der Waals surface area contributed by atoms with E-state index >= 15 is 0 Å². The highest BCUT2D eigenvalue weighted by Gasteiger charge is 2.33. The predicted octanol–water partition coefficient (Wildman–Crippen LogP) is 2.90. The van der Waals surface area contributed by atoms with Gasteiger partial charge in [0.2, 0.25) is 5.91 Å². The number of carbonyl (C=O) groups is 2. The number of nitrogens with one attached hydrogen (secondary N) is 1. The standard InChI is InChI=1S/C19H28N2O3.ClH/c1-3-24-18(22)11-17(15-9-5-4-7-13(15)2)21-19(23)16-10-6-8-14(16)12-20;/h4-5,7,9,14,16-17H,3,6,8,10-12,20H2,1-2H3,(H,21,23);1H/t14-,16-,17?;/m1./s1. The van der Waals surface area contributed by atoms with Gasteiger partial charge in [-0.15, -0.1) is 12.4 Å². The fourth-order valence-corrected chi connectivity index (χ4v) is 3.55. The van der Waals surface area contributed by atoms with Crippen LogP contribution in [0.2, 0.25) is 0 Å². The van der Waals surface area contributed by atoms with Crippen LogP contribution in [0.4, 0.5) is 0 Å². The summed E-state index contributed by atoms with van der Waals surface area (Å²) in [6, 6.07) is 7.44. The zero-order chi connectivity index (χ0) is 17.5. The summed E-state index contributed by atoms with van der Waals surface area (Å²) < 4.78 is 5.07. The lowest BCUT2D eigenvalue weighted by Crippen LogP contribution is -2.38. The minimum Gasteiger partial charge on any atom is -0.466 e. The Hall–Kier alpha value is -1.59. The van der Waals surface area contributed by atoms with E-state index < -0.39 is 0 Å². The first kappa shape index (κ1) is 21.5. The first-order valence-electron chi connectivity index (χ1n) is 8.78. The Kier molecular flexibility index (Phi) is 8.93. The van der Waals surface area contributed by atoms with Crippen molar-refractivity contribution in [1.29, 1.82) is 0 Å². The predicted molar refractivity (Wildman–Crippen MR) is 100 cm³/mol. The van der Waals surface area contributed by atoms with Crippen molar-refractivity contribution in [2.75, 3.05) is 13.2 Å². The molecule has 140 valence electrons. The summed E-state index contributed by atoms with van der Waals surface area (Å²) in [7, 11) is 0. The fourth-order valence-electron chi connectivity index (χ4n) is 3.55. The fraction of sp³-hybridized carbons (Fsp3) is 0.579. The van der Waals surface area contributed by atoms with E-state index in [2.05, 4.69) is 5.32 Å². The maximum Gasteiger partial charge on any atom is 0.308 e. The second kappa shape index (κ2) is 10.4. The highest BCUT2D eigenvalue weighted by molar-refractivity contribution is 5.85. The third kappa shape index (κ3) is 5.72. The number of aryl methyl sites for hydroxylation is 1. The average Bonchev–Trinajstić information content (AvgIpc) is 3.03. The summed E-state index contributed by atoms with van der Waals surface area (Å²) in [6.45, 7) is 4.64. The van der Waals surface area contributed by atoms with Gasteiger partial charge in [0.25, 0.3) is 0 Å². The Bertz CT molecular complexity index is 580. The van der Waals surface area contributed by atoms with Crippen LogP contribution in [0.15, 0.2) is 24.3 Å². The van der Waals surface area contributed by atoms with E-state index in [0.29, 0.717) is 13.2 Å². The number of halogens is 1. The van der Waals surface area contributed by atoms with Crippen LogP contribution in [0.25, 0.3) is 0 Å². The van der Waals surface area contributed by atoms with Gasteiger partial charge in [0, 0.05) is 5.92 Å². The zero-order valence-electron chi connectivity index (χ0n) is 15.0. The van der Waals surface area contributed by atoms with Gasteiger partial charge in [0.05, 0.1) is 19.1 Å². The van der Waals surface area contributed by atoms with Gasteiger partial charge in [0.1, 0.15) is 0 Å². The minimum absolute atomic E-state index is 0. The van der Waals surface area contributed by atoms with Crippen molar-refractivity contribution >= 4 is 24.3 Å². The lowest BCUT2D eigenvalue weighted by Gasteiger charge is -2.24. The van der Waals surface area contributed by atoms with E-state index in [4.69, 9.17) is 10.5 Å². The minimum atomic E-state index is -0.364.